The Labute approximate surface area is 140 Å². The molecule has 2 rings (SSSR count). The molecule has 0 aromatic carbocycles. The molecule has 1 aliphatic heterocycles. The molecule has 0 spiro atoms. The predicted octanol–water partition coefficient (Wildman–Crippen LogP) is -0.433. The topological polar surface area (TPSA) is 113 Å². The second-order valence-electron chi connectivity index (χ2n) is 5.17. The summed E-state index contributed by atoms with van der Waals surface area (Å²) in [6.45, 7) is 0.535. The Hall–Kier alpha value is -1.01. The van der Waals surface area contributed by atoms with Gasteiger partial charge in [-0.25, -0.2) is 21.6 Å². The molecule has 1 aromatic heterocycles. The molecule has 0 aliphatic carbocycles. The lowest BCUT2D eigenvalue weighted by molar-refractivity contribution is -0.119. The molecule has 2 heterocycles. The van der Waals surface area contributed by atoms with Gasteiger partial charge in [-0.05, 0) is 31.3 Å². The summed E-state index contributed by atoms with van der Waals surface area (Å²) in [5.74, 6) is -1.31. The summed E-state index contributed by atoms with van der Waals surface area (Å²) in [5, 5.41) is 4.29. The Morgan fingerprint density at radius 3 is 2.74 bits per heavy atom. The summed E-state index contributed by atoms with van der Waals surface area (Å²) in [7, 11) is -5.96. The Balaban J connectivity index is 2.00. The quantitative estimate of drug-likeness (QED) is 0.694. The van der Waals surface area contributed by atoms with Crippen LogP contribution in [0.15, 0.2) is 21.7 Å². The van der Waals surface area contributed by atoms with Crippen LogP contribution in [-0.2, 0) is 24.8 Å². The Morgan fingerprint density at radius 1 is 1.39 bits per heavy atom. The molecular formula is C12H19N3O5S3. The third kappa shape index (κ3) is 4.73. The van der Waals surface area contributed by atoms with Gasteiger partial charge in [-0.15, -0.1) is 11.3 Å². The Kier molecular flexibility index (Phi) is 5.79. The zero-order valence-corrected chi connectivity index (χ0v) is 15.0. The van der Waals surface area contributed by atoms with E-state index >= 15 is 0 Å². The first kappa shape index (κ1) is 18.3. The number of hydrogen-bond donors (Lipinski definition) is 2. The number of thiophene rings is 1. The van der Waals surface area contributed by atoms with Crippen LogP contribution in [0.5, 0.6) is 0 Å². The maximum Gasteiger partial charge on any atom is 0.252 e. The fourth-order valence-electron chi connectivity index (χ4n) is 2.33. The molecule has 1 amide bonds. The van der Waals surface area contributed by atoms with E-state index in [4.69, 9.17) is 0 Å². The number of nitrogens with one attached hydrogen (secondary N) is 2. The third-order valence-electron chi connectivity index (χ3n) is 3.47. The van der Waals surface area contributed by atoms with Gasteiger partial charge in [0.2, 0.25) is 15.9 Å². The minimum atomic E-state index is -3.64. The summed E-state index contributed by atoms with van der Waals surface area (Å²) in [4.78, 5) is 11.8. The van der Waals surface area contributed by atoms with Crippen LogP contribution in [-0.4, -0.2) is 59.0 Å². The van der Waals surface area contributed by atoms with Crippen LogP contribution in [0.25, 0.3) is 0 Å². The van der Waals surface area contributed by atoms with Gasteiger partial charge in [0.1, 0.15) is 9.96 Å². The minimum Gasteiger partial charge on any atom is -0.351 e. The summed E-state index contributed by atoms with van der Waals surface area (Å²) >= 11 is 1.14. The van der Waals surface area contributed by atoms with E-state index in [1.54, 1.807) is 17.5 Å². The molecule has 1 saturated heterocycles. The summed E-state index contributed by atoms with van der Waals surface area (Å²) in [6.07, 6.45) is 1.22. The number of piperidine rings is 1. The largest absolute Gasteiger partial charge is 0.351 e. The molecule has 23 heavy (non-hydrogen) atoms. The zero-order valence-electron chi connectivity index (χ0n) is 12.6. The Bertz CT molecular complexity index is 743. The predicted molar refractivity (Wildman–Crippen MR) is 87.1 cm³/mol. The summed E-state index contributed by atoms with van der Waals surface area (Å²) in [6, 6.07) is 2.82. The SMILES string of the molecule is CNS(=O)(=O)CC(=O)N[C@@H]1CCCN(S(=O)(=O)c2cccs2)C1. The lowest BCUT2D eigenvalue weighted by Crippen LogP contribution is -2.50. The van der Waals surface area contributed by atoms with Crippen molar-refractivity contribution < 1.29 is 21.6 Å². The van der Waals surface area contributed by atoms with Crippen molar-refractivity contribution in [3.8, 4) is 0 Å². The molecule has 0 radical (unpaired) electrons. The highest BCUT2D eigenvalue weighted by atomic mass is 32.2. The van der Waals surface area contributed by atoms with Crippen LogP contribution in [0.1, 0.15) is 12.8 Å². The van der Waals surface area contributed by atoms with Crippen LogP contribution in [0, 0.1) is 0 Å². The maximum absolute atomic E-state index is 12.5. The molecule has 2 N–H and O–H groups in total. The molecule has 1 aromatic rings. The molecule has 1 aliphatic rings. The van der Waals surface area contributed by atoms with Crippen molar-refractivity contribution in [1.29, 1.82) is 0 Å². The van der Waals surface area contributed by atoms with E-state index in [9.17, 15) is 21.6 Å². The number of rotatable bonds is 6. The van der Waals surface area contributed by atoms with Gasteiger partial charge in [0, 0.05) is 19.1 Å². The highest BCUT2D eigenvalue weighted by Crippen LogP contribution is 2.24. The molecule has 11 heteroatoms. The van der Waals surface area contributed by atoms with Gasteiger partial charge in [0.15, 0.2) is 0 Å². The Morgan fingerprint density at radius 2 is 2.13 bits per heavy atom. The van der Waals surface area contributed by atoms with Gasteiger partial charge >= 0.3 is 0 Å². The van der Waals surface area contributed by atoms with Crippen LogP contribution in [0.2, 0.25) is 0 Å². The van der Waals surface area contributed by atoms with E-state index in [0.29, 0.717) is 19.4 Å². The maximum atomic E-state index is 12.5. The monoisotopic (exact) mass is 381 g/mol. The van der Waals surface area contributed by atoms with Crippen molar-refractivity contribution in [2.45, 2.75) is 23.1 Å². The number of nitrogens with zero attached hydrogens (tertiary/aromatic N) is 1. The highest BCUT2D eigenvalue weighted by molar-refractivity contribution is 7.91. The molecule has 1 atom stereocenters. The van der Waals surface area contributed by atoms with Crippen LogP contribution in [0.3, 0.4) is 0 Å². The van der Waals surface area contributed by atoms with E-state index in [1.807, 2.05) is 0 Å². The first-order valence-corrected chi connectivity index (χ1v) is 11.0. The van der Waals surface area contributed by atoms with Gasteiger partial charge in [0.25, 0.3) is 10.0 Å². The van der Waals surface area contributed by atoms with Gasteiger partial charge in [0.05, 0.1) is 0 Å². The van der Waals surface area contributed by atoms with E-state index in [2.05, 4.69) is 10.0 Å². The van der Waals surface area contributed by atoms with Crippen LogP contribution in [0.4, 0.5) is 0 Å². The fraction of sp³-hybridized carbons (Fsp3) is 0.583. The second kappa shape index (κ2) is 7.26. The average molecular weight is 382 g/mol. The smallest absolute Gasteiger partial charge is 0.252 e. The highest BCUT2D eigenvalue weighted by Gasteiger charge is 2.31. The van der Waals surface area contributed by atoms with Crippen molar-refractivity contribution in [2.24, 2.45) is 0 Å². The summed E-state index contributed by atoms with van der Waals surface area (Å²) in [5.41, 5.74) is 0. The molecule has 0 unspecified atom stereocenters. The van der Waals surface area contributed by atoms with Crippen molar-refractivity contribution in [3.05, 3.63) is 17.5 Å². The van der Waals surface area contributed by atoms with E-state index in [0.717, 1.165) is 11.3 Å². The van der Waals surface area contributed by atoms with Crippen LogP contribution < -0.4 is 10.0 Å². The number of carbonyl (C=O) groups is 1. The summed E-state index contributed by atoms with van der Waals surface area (Å²) < 4.78 is 51.3. The van der Waals surface area contributed by atoms with Gasteiger partial charge in [-0.2, -0.15) is 4.31 Å². The normalized spacial score (nSPS) is 20.3. The van der Waals surface area contributed by atoms with Gasteiger partial charge < -0.3 is 5.32 Å². The molecule has 0 saturated carbocycles. The zero-order chi connectivity index (χ0) is 17.1. The lowest BCUT2D eigenvalue weighted by Gasteiger charge is -2.31. The molecule has 8 nitrogen and oxygen atoms in total. The standard InChI is InChI=1S/C12H19N3O5S3/c1-13-22(17,18)9-11(16)14-10-4-2-6-15(8-10)23(19,20)12-5-3-7-21-12/h3,5,7,10,13H,2,4,6,8-9H2,1H3,(H,14,16)/t10-/m1/s1. The minimum absolute atomic E-state index is 0.144. The molecule has 1 fully saturated rings. The molecular weight excluding hydrogens is 362 g/mol. The molecule has 130 valence electrons. The number of carbonyl (C=O) groups excluding carboxylic acids is 1. The third-order valence-corrected chi connectivity index (χ3v) is 7.97. The first-order chi connectivity index (χ1) is 10.7. The van der Waals surface area contributed by atoms with E-state index in [1.165, 1.54) is 11.4 Å². The fourth-order valence-corrected chi connectivity index (χ4v) is 5.57. The van der Waals surface area contributed by atoms with Crippen LogP contribution >= 0.6 is 11.3 Å². The van der Waals surface area contributed by atoms with Crippen molar-refractivity contribution >= 4 is 37.3 Å². The van der Waals surface area contributed by atoms with Gasteiger partial charge in [-0.1, -0.05) is 6.07 Å². The number of amides is 1. The van der Waals surface area contributed by atoms with E-state index in [-0.39, 0.29) is 10.8 Å². The van der Waals surface area contributed by atoms with Crippen molar-refractivity contribution in [3.63, 3.8) is 0 Å². The van der Waals surface area contributed by atoms with E-state index < -0.39 is 37.7 Å². The van der Waals surface area contributed by atoms with Gasteiger partial charge in [-0.3, -0.25) is 4.79 Å². The second-order valence-corrected chi connectivity index (χ2v) is 10.2. The average Bonchev–Trinajstić information content (AvgIpc) is 3.02. The van der Waals surface area contributed by atoms with Crippen molar-refractivity contribution in [2.75, 3.05) is 25.9 Å². The lowest BCUT2D eigenvalue weighted by atomic mass is 10.1. The number of hydrogen-bond acceptors (Lipinski definition) is 6. The number of sulfonamides is 2. The molecule has 0 bridgehead atoms. The van der Waals surface area contributed by atoms with Crippen molar-refractivity contribution in [1.82, 2.24) is 14.3 Å². The first-order valence-electron chi connectivity index (χ1n) is 6.99.